The molecule has 0 aromatic heterocycles. The van der Waals surface area contributed by atoms with Crippen LogP contribution in [0.4, 0.5) is 5.69 Å². The summed E-state index contributed by atoms with van der Waals surface area (Å²) in [7, 11) is 0. The molecule has 22 heavy (non-hydrogen) atoms. The number of rotatable bonds is 2. The lowest BCUT2D eigenvalue weighted by Crippen LogP contribution is -2.38. The number of likely N-dealkylation sites (N-methyl/N-ethyl adjacent to an activating group) is 1. The maximum absolute atomic E-state index is 4.95. The van der Waals surface area contributed by atoms with Gasteiger partial charge in [0.15, 0.2) is 0 Å². The van der Waals surface area contributed by atoms with Crippen molar-refractivity contribution in [3.05, 3.63) is 65.2 Å². The maximum atomic E-state index is 4.95. The van der Waals surface area contributed by atoms with Crippen LogP contribution in [0.5, 0.6) is 0 Å². The molecule has 3 heteroatoms. The fourth-order valence-electron chi connectivity index (χ4n) is 3.55. The lowest BCUT2D eigenvalue weighted by Gasteiger charge is -2.35. The lowest BCUT2D eigenvalue weighted by atomic mass is 9.93. The van der Waals surface area contributed by atoms with Crippen molar-refractivity contribution in [3.8, 4) is 0 Å². The molecule has 0 spiro atoms. The van der Waals surface area contributed by atoms with Crippen molar-refractivity contribution in [1.82, 2.24) is 9.80 Å². The van der Waals surface area contributed by atoms with Crippen molar-refractivity contribution >= 4 is 11.6 Å². The molecule has 1 atom stereocenters. The molecule has 0 N–H and O–H groups in total. The third-order valence-electron chi connectivity index (χ3n) is 4.66. The summed E-state index contributed by atoms with van der Waals surface area (Å²) in [5.41, 5.74) is 5.09. The molecule has 1 saturated heterocycles. The number of fused-ring (bicyclic) bond motifs is 2. The molecule has 0 radical (unpaired) electrons. The van der Waals surface area contributed by atoms with E-state index in [2.05, 4.69) is 72.2 Å². The van der Waals surface area contributed by atoms with E-state index in [1.165, 1.54) is 16.7 Å². The first-order valence-electron chi connectivity index (χ1n) is 8.03. The zero-order chi connectivity index (χ0) is 15.1. The standard InChI is InChI=1S/C19H21N3/c1-3-21-11-12-22-18(15-7-5-4-6-8-15)16-13-14(2)9-10-17(16)20-19(21)22/h4-10,13,18H,3,11-12H2,1-2H3. The van der Waals surface area contributed by atoms with E-state index in [0.29, 0.717) is 0 Å². The van der Waals surface area contributed by atoms with E-state index in [1.807, 2.05) is 0 Å². The molecular weight excluding hydrogens is 270 g/mol. The van der Waals surface area contributed by atoms with Gasteiger partial charge in [0.05, 0.1) is 11.7 Å². The van der Waals surface area contributed by atoms with Crippen LogP contribution in [0.15, 0.2) is 53.5 Å². The Balaban J connectivity index is 1.90. The Morgan fingerprint density at radius 3 is 2.68 bits per heavy atom. The lowest BCUT2D eigenvalue weighted by molar-refractivity contribution is 0.386. The molecular formula is C19H21N3. The molecule has 3 nitrogen and oxygen atoms in total. The van der Waals surface area contributed by atoms with Gasteiger partial charge in [-0.25, -0.2) is 4.99 Å². The number of benzene rings is 2. The molecule has 0 saturated carbocycles. The molecule has 2 aromatic rings. The van der Waals surface area contributed by atoms with Crippen LogP contribution in [-0.4, -0.2) is 35.4 Å². The smallest absolute Gasteiger partial charge is 0.202 e. The number of aryl methyl sites for hydroxylation is 1. The van der Waals surface area contributed by atoms with E-state index in [1.54, 1.807) is 0 Å². The molecule has 2 aliphatic rings. The highest BCUT2D eigenvalue weighted by Gasteiger charge is 2.37. The van der Waals surface area contributed by atoms with Gasteiger partial charge in [0, 0.05) is 25.2 Å². The predicted molar refractivity (Wildman–Crippen MR) is 90.5 cm³/mol. The first-order chi connectivity index (χ1) is 10.8. The van der Waals surface area contributed by atoms with E-state index < -0.39 is 0 Å². The average Bonchev–Trinajstić information content (AvgIpc) is 2.96. The van der Waals surface area contributed by atoms with Crippen molar-refractivity contribution in [1.29, 1.82) is 0 Å². The summed E-state index contributed by atoms with van der Waals surface area (Å²) in [5.74, 6) is 1.13. The fraction of sp³-hybridized carbons (Fsp3) is 0.316. The van der Waals surface area contributed by atoms with Crippen LogP contribution >= 0.6 is 0 Å². The van der Waals surface area contributed by atoms with E-state index in [4.69, 9.17) is 4.99 Å². The van der Waals surface area contributed by atoms with Crippen LogP contribution in [0.3, 0.4) is 0 Å². The SMILES string of the molecule is CCN1CCN2C1=Nc1ccc(C)cc1C2c1ccccc1. The quantitative estimate of drug-likeness (QED) is 0.839. The minimum atomic E-state index is 0.278. The Labute approximate surface area is 131 Å². The molecule has 112 valence electrons. The topological polar surface area (TPSA) is 18.8 Å². The highest BCUT2D eigenvalue weighted by atomic mass is 15.4. The first kappa shape index (κ1) is 13.4. The highest BCUT2D eigenvalue weighted by Crippen LogP contribution is 2.41. The van der Waals surface area contributed by atoms with Crippen molar-refractivity contribution < 1.29 is 0 Å². The van der Waals surface area contributed by atoms with Crippen LogP contribution < -0.4 is 0 Å². The summed E-state index contributed by atoms with van der Waals surface area (Å²) in [6, 6.07) is 17.7. The molecule has 2 aliphatic heterocycles. The fourth-order valence-corrected chi connectivity index (χ4v) is 3.55. The van der Waals surface area contributed by atoms with Gasteiger partial charge in [-0.05, 0) is 25.5 Å². The minimum Gasteiger partial charge on any atom is -0.341 e. The molecule has 0 aliphatic carbocycles. The third kappa shape index (κ3) is 2.00. The van der Waals surface area contributed by atoms with E-state index >= 15 is 0 Å². The van der Waals surface area contributed by atoms with E-state index in [-0.39, 0.29) is 6.04 Å². The van der Waals surface area contributed by atoms with Gasteiger partial charge >= 0.3 is 0 Å². The largest absolute Gasteiger partial charge is 0.341 e. The monoisotopic (exact) mass is 291 g/mol. The van der Waals surface area contributed by atoms with Crippen LogP contribution in [0.1, 0.15) is 29.7 Å². The average molecular weight is 291 g/mol. The normalized spacial score (nSPS) is 19.7. The van der Waals surface area contributed by atoms with Gasteiger partial charge in [0.25, 0.3) is 0 Å². The van der Waals surface area contributed by atoms with Gasteiger partial charge in [-0.1, -0.05) is 48.0 Å². The molecule has 1 fully saturated rings. The molecule has 4 rings (SSSR count). The second kappa shape index (κ2) is 5.16. The molecule has 2 heterocycles. The zero-order valence-corrected chi connectivity index (χ0v) is 13.2. The summed E-state index contributed by atoms with van der Waals surface area (Å²) in [4.78, 5) is 9.78. The zero-order valence-electron chi connectivity index (χ0n) is 13.2. The Hall–Kier alpha value is -2.29. The predicted octanol–water partition coefficient (Wildman–Crippen LogP) is 3.72. The number of guanidine groups is 1. The molecule has 2 aromatic carbocycles. The van der Waals surface area contributed by atoms with Gasteiger partial charge < -0.3 is 9.80 Å². The third-order valence-corrected chi connectivity index (χ3v) is 4.66. The maximum Gasteiger partial charge on any atom is 0.202 e. The Morgan fingerprint density at radius 1 is 1.09 bits per heavy atom. The van der Waals surface area contributed by atoms with Gasteiger partial charge in [-0.2, -0.15) is 0 Å². The molecule has 0 amide bonds. The van der Waals surface area contributed by atoms with E-state index in [9.17, 15) is 0 Å². The van der Waals surface area contributed by atoms with E-state index in [0.717, 1.165) is 31.3 Å². The van der Waals surface area contributed by atoms with Crippen LogP contribution in [-0.2, 0) is 0 Å². The van der Waals surface area contributed by atoms with Gasteiger partial charge in [0.1, 0.15) is 0 Å². The second-order valence-corrected chi connectivity index (χ2v) is 6.06. The highest BCUT2D eigenvalue weighted by molar-refractivity contribution is 5.88. The Morgan fingerprint density at radius 2 is 1.91 bits per heavy atom. The Bertz CT molecular complexity index is 721. The number of aliphatic imine (C=N–C) groups is 1. The number of hydrogen-bond acceptors (Lipinski definition) is 3. The van der Waals surface area contributed by atoms with Crippen LogP contribution in [0, 0.1) is 6.92 Å². The van der Waals surface area contributed by atoms with Crippen molar-refractivity contribution in [2.24, 2.45) is 4.99 Å². The number of nitrogens with zero attached hydrogens (tertiary/aromatic N) is 3. The molecule has 0 bridgehead atoms. The summed E-state index contributed by atoms with van der Waals surface area (Å²) in [6.07, 6.45) is 0. The van der Waals surface area contributed by atoms with Gasteiger partial charge in [-0.15, -0.1) is 0 Å². The number of hydrogen-bond donors (Lipinski definition) is 0. The summed E-state index contributed by atoms with van der Waals surface area (Å²) in [5, 5.41) is 0. The van der Waals surface area contributed by atoms with Gasteiger partial charge in [0.2, 0.25) is 5.96 Å². The van der Waals surface area contributed by atoms with Crippen molar-refractivity contribution in [2.45, 2.75) is 19.9 Å². The van der Waals surface area contributed by atoms with Crippen molar-refractivity contribution in [3.63, 3.8) is 0 Å². The van der Waals surface area contributed by atoms with Crippen LogP contribution in [0.25, 0.3) is 0 Å². The van der Waals surface area contributed by atoms with Crippen molar-refractivity contribution in [2.75, 3.05) is 19.6 Å². The molecule has 1 unspecified atom stereocenters. The van der Waals surface area contributed by atoms with Gasteiger partial charge in [-0.3, -0.25) is 0 Å². The first-order valence-corrected chi connectivity index (χ1v) is 8.03. The summed E-state index contributed by atoms with van der Waals surface area (Å²) in [6.45, 7) is 7.47. The summed E-state index contributed by atoms with van der Waals surface area (Å²) >= 11 is 0. The summed E-state index contributed by atoms with van der Waals surface area (Å²) < 4.78 is 0. The van der Waals surface area contributed by atoms with Crippen LogP contribution in [0.2, 0.25) is 0 Å². The Kier molecular flexibility index (Phi) is 3.14. The second-order valence-electron chi connectivity index (χ2n) is 6.06. The minimum absolute atomic E-state index is 0.278.